The van der Waals surface area contributed by atoms with Crippen molar-refractivity contribution in [3.05, 3.63) is 52.3 Å². The van der Waals surface area contributed by atoms with Gasteiger partial charge in [-0.3, -0.25) is 4.79 Å². The lowest BCUT2D eigenvalue weighted by Gasteiger charge is -2.15. The number of fused-ring (bicyclic) bond motifs is 1. The second-order valence-electron chi connectivity index (χ2n) is 4.79. The Morgan fingerprint density at radius 1 is 1.40 bits per heavy atom. The number of nitrogens with one attached hydrogen (secondary N) is 1. The lowest BCUT2D eigenvalue weighted by atomic mass is 10.2. The first-order chi connectivity index (χ1) is 9.65. The molecule has 0 atom stereocenters. The first kappa shape index (κ1) is 12.7. The summed E-state index contributed by atoms with van der Waals surface area (Å²) in [6.07, 6.45) is 0. The van der Waals surface area contributed by atoms with Crippen LogP contribution >= 0.6 is 11.3 Å². The fraction of sp³-hybridized carbons (Fsp3) is 0.133. The summed E-state index contributed by atoms with van der Waals surface area (Å²) in [6, 6.07) is 9.52. The molecule has 20 heavy (non-hydrogen) atoms. The monoisotopic (exact) mass is 285 g/mol. The molecule has 3 aromatic rings. The van der Waals surface area contributed by atoms with Crippen molar-refractivity contribution in [3.63, 3.8) is 0 Å². The van der Waals surface area contributed by atoms with Gasteiger partial charge < -0.3 is 15.6 Å². The van der Waals surface area contributed by atoms with Gasteiger partial charge in [0.2, 0.25) is 0 Å². The van der Waals surface area contributed by atoms with Crippen molar-refractivity contribution in [1.29, 1.82) is 0 Å². The smallest absolute Gasteiger partial charge is 0.270 e. The molecule has 1 aromatic carbocycles. The number of rotatable bonds is 3. The molecule has 0 aliphatic carbocycles. The molecular formula is C15H15N3OS. The van der Waals surface area contributed by atoms with Crippen LogP contribution in [0.4, 0.5) is 5.69 Å². The molecule has 0 aliphatic rings. The third-order valence-corrected chi connectivity index (χ3v) is 4.00. The molecule has 0 radical (unpaired) electrons. The number of nitrogen functional groups attached to an aromatic ring is 1. The number of benzene rings is 1. The number of nitrogens with zero attached hydrogens (tertiary/aromatic N) is 1. The van der Waals surface area contributed by atoms with Crippen molar-refractivity contribution in [2.24, 2.45) is 0 Å². The maximum Gasteiger partial charge on any atom is 0.270 e. The third-order valence-electron chi connectivity index (χ3n) is 3.27. The van der Waals surface area contributed by atoms with Gasteiger partial charge in [-0.15, -0.1) is 0 Å². The Morgan fingerprint density at radius 3 is 2.95 bits per heavy atom. The zero-order chi connectivity index (χ0) is 14.1. The van der Waals surface area contributed by atoms with Crippen molar-refractivity contribution in [2.45, 2.75) is 6.54 Å². The van der Waals surface area contributed by atoms with Crippen LogP contribution in [0.3, 0.4) is 0 Å². The van der Waals surface area contributed by atoms with Gasteiger partial charge in [0.25, 0.3) is 5.91 Å². The molecule has 2 heterocycles. The van der Waals surface area contributed by atoms with Gasteiger partial charge in [0.05, 0.1) is 11.2 Å². The van der Waals surface area contributed by atoms with Crippen LogP contribution in [0.2, 0.25) is 0 Å². The summed E-state index contributed by atoms with van der Waals surface area (Å²) < 4.78 is 0. The number of nitrogens with two attached hydrogens (primary N) is 1. The summed E-state index contributed by atoms with van der Waals surface area (Å²) in [5.74, 6) is -0.0354. The summed E-state index contributed by atoms with van der Waals surface area (Å²) in [5, 5.41) is 5.02. The minimum Gasteiger partial charge on any atom is -0.397 e. The van der Waals surface area contributed by atoms with Crippen LogP contribution in [0.15, 0.2) is 41.1 Å². The average molecular weight is 285 g/mol. The van der Waals surface area contributed by atoms with Crippen LogP contribution < -0.4 is 5.73 Å². The van der Waals surface area contributed by atoms with Crippen LogP contribution in [-0.4, -0.2) is 22.8 Å². The number of amides is 1. The van der Waals surface area contributed by atoms with E-state index in [2.05, 4.69) is 4.98 Å². The van der Waals surface area contributed by atoms with Crippen LogP contribution in [0.25, 0.3) is 10.9 Å². The van der Waals surface area contributed by atoms with Gasteiger partial charge in [0.1, 0.15) is 5.69 Å². The normalized spacial score (nSPS) is 10.8. The summed E-state index contributed by atoms with van der Waals surface area (Å²) in [4.78, 5) is 17.2. The first-order valence-corrected chi connectivity index (χ1v) is 7.23. The lowest BCUT2D eigenvalue weighted by molar-refractivity contribution is 0.0780. The maximum atomic E-state index is 12.4. The number of aromatic nitrogens is 1. The van der Waals surface area contributed by atoms with Gasteiger partial charge in [-0.2, -0.15) is 11.3 Å². The zero-order valence-corrected chi connectivity index (χ0v) is 11.9. The second kappa shape index (κ2) is 5.02. The molecule has 3 rings (SSSR count). The molecule has 0 bridgehead atoms. The van der Waals surface area contributed by atoms with Crippen molar-refractivity contribution in [3.8, 4) is 0 Å². The SMILES string of the molecule is CN(Cc1ccsc1)C(=O)c1cc2cccc(N)c2[nH]1. The van der Waals surface area contributed by atoms with Gasteiger partial charge in [0.15, 0.2) is 0 Å². The summed E-state index contributed by atoms with van der Waals surface area (Å²) >= 11 is 1.63. The number of hydrogen-bond acceptors (Lipinski definition) is 3. The van der Waals surface area contributed by atoms with E-state index in [0.29, 0.717) is 17.9 Å². The molecule has 0 saturated heterocycles. The largest absolute Gasteiger partial charge is 0.397 e. The third kappa shape index (κ3) is 2.28. The zero-order valence-electron chi connectivity index (χ0n) is 11.1. The maximum absolute atomic E-state index is 12.4. The lowest BCUT2D eigenvalue weighted by Crippen LogP contribution is -2.26. The number of aromatic amines is 1. The number of carbonyl (C=O) groups is 1. The quantitative estimate of drug-likeness (QED) is 0.726. The number of H-pyrrole nitrogens is 1. The number of hydrogen-bond donors (Lipinski definition) is 2. The van der Waals surface area contributed by atoms with Crippen LogP contribution in [0, 0.1) is 0 Å². The highest BCUT2D eigenvalue weighted by molar-refractivity contribution is 7.07. The van der Waals surface area contributed by atoms with E-state index in [9.17, 15) is 4.79 Å². The van der Waals surface area contributed by atoms with Gasteiger partial charge in [-0.05, 0) is 34.5 Å². The summed E-state index contributed by atoms with van der Waals surface area (Å²) in [5.41, 5.74) is 9.08. The fourth-order valence-corrected chi connectivity index (χ4v) is 2.89. The van der Waals surface area contributed by atoms with Crippen molar-refractivity contribution in [2.75, 3.05) is 12.8 Å². The standard InChI is InChI=1S/C15H15N3OS/c1-18(8-10-5-6-20-9-10)15(19)13-7-11-3-2-4-12(16)14(11)17-13/h2-7,9,17H,8,16H2,1H3. The van der Waals surface area contributed by atoms with Crippen LogP contribution in [0.1, 0.15) is 16.1 Å². The Hall–Kier alpha value is -2.27. The summed E-state index contributed by atoms with van der Waals surface area (Å²) in [6.45, 7) is 0.604. The van der Waals surface area contributed by atoms with E-state index in [4.69, 9.17) is 5.73 Å². The molecule has 102 valence electrons. The fourth-order valence-electron chi connectivity index (χ4n) is 2.23. The van der Waals surface area contributed by atoms with Gasteiger partial charge in [-0.1, -0.05) is 12.1 Å². The number of carbonyl (C=O) groups excluding carboxylic acids is 1. The van der Waals surface area contributed by atoms with E-state index in [0.717, 1.165) is 16.5 Å². The molecule has 4 nitrogen and oxygen atoms in total. The number of thiophene rings is 1. The molecule has 0 spiro atoms. The minimum atomic E-state index is -0.0354. The van der Waals surface area contributed by atoms with Gasteiger partial charge >= 0.3 is 0 Å². The molecule has 0 unspecified atom stereocenters. The Bertz CT molecular complexity index is 746. The Labute approximate surface area is 120 Å². The van der Waals surface area contributed by atoms with Crippen LogP contribution in [0.5, 0.6) is 0 Å². The predicted octanol–water partition coefficient (Wildman–Crippen LogP) is 3.08. The molecule has 3 N–H and O–H groups in total. The van der Waals surface area contributed by atoms with Crippen molar-refractivity contribution >= 4 is 33.8 Å². The highest BCUT2D eigenvalue weighted by Crippen LogP contribution is 2.22. The van der Waals surface area contributed by atoms with Gasteiger partial charge in [0, 0.05) is 19.0 Å². The minimum absolute atomic E-state index is 0.0354. The van der Waals surface area contributed by atoms with E-state index >= 15 is 0 Å². The molecule has 0 fully saturated rings. The molecule has 1 amide bonds. The predicted molar refractivity (Wildman–Crippen MR) is 82.8 cm³/mol. The molecule has 0 saturated carbocycles. The Kier molecular flexibility index (Phi) is 3.20. The summed E-state index contributed by atoms with van der Waals surface area (Å²) in [7, 11) is 1.80. The average Bonchev–Trinajstić information content (AvgIpc) is 3.07. The Morgan fingerprint density at radius 2 is 2.25 bits per heavy atom. The molecular weight excluding hydrogens is 270 g/mol. The number of para-hydroxylation sites is 1. The van der Waals surface area contributed by atoms with E-state index in [1.54, 1.807) is 23.3 Å². The molecule has 0 aliphatic heterocycles. The van der Waals surface area contributed by atoms with Crippen molar-refractivity contribution in [1.82, 2.24) is 9.88 Å². The van der Waals surface area contributed by atoms with E-state index in [-0.39, 0.29) is 5.91 Å². The van der Waals surface area contributed by atoms with Crippen LogP contribution in [-0.2, 0) is 6.54 Å². The topological polar surface area (TPSA) is 62.1 Å². The van der Waals surface area contributed by atoms with Crippen molar-refractivity contribution < 1.29 is 4.79 Å². The van der Waals surface area contributed by atoms with E-state index < -0.39 is 0 Å². The highest BCUT2D eigenvalue weighted by Gasteiger charge is 2.15. The second-order valence-corrected chi connectivity index (χ2v) is 5.57. The highest BCUT2D eigenvalue weighted by atomic mass is 32.1. The Balaban J connectivity index is 1.86. The van der Waals surface area contributed by atoms with E-state index in [1.807, 2.05) is 41.1 Å². The molecule has 2 aromatic heterocycles. The molecule has 5 heteroatoms. The van der Waals surface area contributed by atoms with Gasteiger partial charge in [-0.25, -0.2) is 0 Å². The van der Waals surface area contributed by atoms with E-state index in [1.165, 1.54) is 0 Å². The first-order valence-electron chi connectivity index (χ1n) is 6.29. The number of anilines is 1.